The van der Waals surface area contributed by atoms with E-state index in [9.17, 15) is 0 Å². The van der Waals surface area contributed by atoms with Crippen LogP contribution in [-0.2, 0) is 0 Å². The van der Waals surface area contributed by atoms with Crippen molar-refractivity contribution < 1.29 is 4.74 Å². The van der Waals surface area contributed by atoms with E-state index in [1.165, 1.54) is 7.11 Å². The monoisotopic (exact) mass is 182 g/mol. The molecule has 12 heavy (non-hydrogen) atoms. The number of methoxy groups -OCH3 is 1. The summed E-state index contributed by atoms with van der Waals surface area (Å²) in [5.74, 6) is 0. The van der Waals surface area contributed by atoms with Crippen molar-refractivity contribution >= 4 is 23.4 Å². The van der Waals surface area contributed by atoms with E-state index in [2.05, 4.69) is 19.9 Å². The van der Waals surface area contributed by atoms with Crippen LogP contribution in [0.25, 0.3) is 11.2 Å². The Bertz CT molecular complexity index is 460. The molecule has 0 saturated carbocycles. The average molecular weight is 182 g/mol. The van der Waals surface area contributed by atoms with E-state index in [4.69, 9.17) is 17.0 Å². The first-order valence-corrected chi connectivity index (χ1v) is 3.69. The predicted molar refractivity (Wildman–Crippen MR) is 45.6 cm³/mol. The molecule has 6 heteroatoms. The number of fused-ring (bicyclic) bond motifs is 1. The zero-order valence-electron chi connectivity index (χ0n) is 6.29. The van der Waals surface area contributed by atoms with E-state index in [0.717, 1.165) is 5.52 Å². The van der Waals surface area contributed by atoms with Gasteiger partial charge >= 0.3 is 6.01 Å². The third-order valence-electron chi connectivity index (χ3n) is 1.43. The van der Waals surface area contributed by atoms with Crippen LogP contribution in [0.1, 0.15) is 0 Å². The van der Waals surface area contributed by atoms with E-state index in [1.54, 1.807) is 6.20 Å². The second-order valence-electron chi connectivity index (χ2n) is 2.20. The largest absolute Gasteiger partial charge is 0.467 e. The van der Waals surface area contributed by atoms with Crippen LogP contribution in [0, 0.1) is 4.77 Å². The van der Waals surface area contributed by atoms with Gasteiger partial charge in [-0.05, 0) is 12.2 Å². The molecule has 2 heterocycles. The Morgan fingerprint density at radius 2 is 2.33 bits per heavy atom. The van der Waals surface area contributed by atoms with E-state index in [1.807, 2.05) is 0 Å². The molecule has 0 radical (unpaired) electrons. The molecular weight excluding hydrogens is 176 g/mol. The number of nitrogens with zero attached hydrogens (tertiary/aromatic N) is 2. The Kier molecular flexibility index (Phi) is 1.54. The second kappa shape index (κ2) is 2.56. The molecule has 2 aromatic heterocycles. The average Bonchev–Trinajstić information content (AvgIpc) is 2.43. The first-order chi connectivity index (χ1) is 5.79. The maximum atomic E-state index is 4.87. The van der Waals surface area contributed by atoms with Crippen molar-refractivity contribution in [2.75, 3.05) is 7.11 Å². The van der Waals surface area contributed by atoms with E-state index < -0.39 is 0 Å². The summed E-state index contributed by atoms with van der Waals surface area (Å²) in [6.45, 7) is 0. The van der Waals surface area contributed by atoms with Crippen molar-refractivity contribution in [3.8, 4) is 6.01 Å². The van der Waals surface area contributed by atoms with Crippen LogP contribution >= 0.6 is 12.2 Å². The van der Waals surface area contributed by atoms with Crippen LogP contribution in [0.15, 0.2) is 6.20 Å². The first kappa shape index (κ1) is 7.23. The third-order valence-corrected chi connectivity index (χ3v) is 1.63. The summed E-state index contributed by atoms with van der Waals surface area (Å²) in [5, 5.41) is 0. The van der Waals surface area contributed by atoms with Crippen LogP contribution in [0.4, 0.5) is 0 Å². The molecule has 0 spiro atoms. The maximum Gasteiger partial charge on any atom is 0.318 e. The van der Waals surface area contributed by atoms with Gasteiger partial charge in [-0.2, -0.15) is 4.98 Å². The van der Waals surface area contributed by atoms with Gasteiger partial charge in [-0.15, -0.1) is 0 Å². The summed E-state index contributed by atoms with van der Waals surface area (Å²) in [6, 6.07) is 0.327. The third kappa shape index (κ3) is 1.06. The minimum absolute atomic E-state index is 0.327. The summed E-state index contributed by atoms with van der Waals surface area (Å²) >= 11 is 4.87. The molecule has 0 bridgehead atoms. The summed E-state index contributed by atoms with van der Waals surface area (Å²) in [6.07, 6.45) is 1.62. The van der Waals surface area contributed by atoms with Gasteiger partial charge in [0.05, 0.1) is 13.3 Å². The lowest BCUT2D eigenvalue weighted by atomic mass is 10.6. The molecule has 62 valence electrons. The summed E-state index contributed by atoms with van der Waals surface area (Å²) in [5.41, 5.74) is 1.44. The summed E-state index contributed by atoms with van der Waals surface area (Å²) in [7, 11) is 1.52. The van der Waals surface area contributed by atoms with Crippen molar-refractivity contribution in [3.63, 3.8) is 0 Å². The Hall–Kier alpha value is -1.43. The molecule has 0 amide bonds. The first-order valence-electron chi connectivity index (χ1n) is 3.28. The molecule has 2 aromatic rings. The zero-order chi connectivity index (χ0) is 8.55. The fraction of sp³-hybridized carbons (Fsp3) is 0.167. The van der Waals surface area contributed by atoms with E-state index in [0.29, 0.717) is 16.4 Å². The quantitative estimate of drug-likeness (QED) is 0.646. The molecule has 0 aliphatic rings. The molecule has 0 aromatic carbocycles. The van der Waals surface area contributed by atoms with Gasteiger partial charge < -0.3 is 14.7 Å². The normalized spacial score (nSPS) is 10.4. The lowest BCUT2D eigenvalue weighted by Gasteiger charge is -1.94. The van der Waals surface area contributed by atoms with Gasteiger partial charge in [0.1, 0.15) is 5.52 Å². The molecule has 0 aliphatic heterocycles. The molecule has 0 unspecified atom stereocenters. The molecule has 5 nitrogen and oxygen atoms in total. The number of rotatable bonds is 1. The number of ether oxygens (including phenoxy) is 1. The van der Waals surface area contributed by atoms with Crippen molar-refractivity contribution in [2.24, 2.45) is 0 Å². The number of aromatic nitrogens is 4. The Balaban J connectivity index is 2.74. The van der Waals surface area contributed by atoms with Crippen LogP contribution in [0.5, 0.6) is 6.01 Å². The standard InChI is InChI=1S/C6H6N4OS/c1-11-5-7-2-3-4(9-5)10-6(12)8-3/h2H,1H3,(H2,7,8,9,10,12). The topological polar surface area (TPSA) is 66.6 Å². The highest BCUT2D eigenvalue weighted by Crippen LogP contribution is 2.08. The summed E-state index contributed by atoms with van der Waals surface area (Å²) < 4.78 is 5.38. The Labute approximate surface area is 72.8 Å². The van der Waals surface area contributed by atoms with Gasteiger partial charge in [-0.25, -0.2) is 4.98 Å². The molecule has 0 fully saturated rings. The molecule has 0 aliphatic carbocycles. The number of aromatic amines is 2. The van der Waals surface area contributed by atoms with Gasteiger partial charge in [-0.1, -0.05) is 0 Å². The Morgan fingerprint density at radius 1 is 1.50 bits per heavy atom. The van der Waals surface area contributed by atoms with Crippen molar-refractivity contribution in [1.82, 2.24) is 19.9 Å². The van der Waals surface area contributed by atoms with Crippen LogP contribution in [0.2, 0.25) is 0 Å². The smallest absolute Gasteiger partial charge is 0.318 e. The van der Waals surface area contributed by atoms with Crippen molar-refractivity contribution in [3.05, 3.63) is 11.0 Å². The lowest BCUT2D eigenvalue weighted by Crippen LogP contribution is -1.90. The van der Waals surface area contributed by atoms with Crippen LogP contribution < -0.4 is 4.74 Å². The minimum Gasteiger partial charge on any atom is -0.467 e. The highest BCUT2D eigenvalue weighted by atomic mass is 32.1. The number of hydrogen-bond acceptors (Lipinski definition) is 4. The fourth-order valence-electron chi connectivity index (χ4n) is 0.912. The maximum absolute atomic E-state index is 4.87. The van der Waals surface area contributed by atoms with E-state index >= 15 is 0 Å². The highest BCUT2D eigenvalue weighted by molar-refractivity contribution is 7.71. The van der Waals surface area contributed by atoms with Crippen LogP contribution in [-0.4, -0.2) is 27.0 Å². The SMILES string of the molecule is COc1ncc2[nH]c(=S)[nH]c2n1. The van der Waals surface area contributed by atoms with Gasteiger partial charge in [0, 0.05) is 0 Å². The molecule has 2 rings (SSSR count). The molecule has 0 atom stereocenters. The molecule has 2 N–H and O–H groups in total. The van der Waals surface area contributed by atoms with Gasteiger partial charge in [-0.3, -0.25) is 0 Å². The van der Waals surface area contributed by atoms with Gasteiger partial charge in [0.2, 0.25) is 0 Å². The second-order valence-corrected chi connectivity index (χ2v) is 2.61. The molecular formula is C6H6N4OS. The van der Waals surface area contributed by atoms with E-state index in [-0.39, 0.29) is 0 Å². The number of H-pyrrole nitrogens is 2. The Morgan fingerprint density at radius 3 is 3.08 bits per heavy atom. The number of hydrogen-bond donors (Lipinski definition) is 2. The van der Waals surface area contributed by atoms with Gasteiger partial charge in [0.25, 0.3) is 0 Å². The van der Waals surface area contributed by atoms with Crippen LogP contribution in [0.3, 0.4) is 0 Å². The number of imidazole rings is 1. The highest BCUT2D eigenvalue weighted by Gasteiger charge is 2.00. The number of nitrogens with one attached hydrogen (secondary N) is 2. The zero-order valence-corrected chi connectivity index (χ0v) is 7.10. The minimum atomic E-state index is 0.327. The lowest BCUT2D eigenvalue weighted by molar-refractivity contribution is 0.381. The molecule has 0 saturated heterocycles. The van der Waals surface area contributed by atoms with Crippen molar-refractivity contribution in [2.45, 2.75) is 0 Å². The predicted octanol–water partition coefficient (Wildman–Crippen LogP) is 1.02. The summed E-state index contributed by atoms with van der Waals surface area (Å²) in [4.78, 5) is 13.7. The van der Waals surface area contributed by atoms with Gasteiger partial charge in [0.15, 0.2) is 10.4 Å². The van der Waals surface area contributed by atoms with Crippen molar-refractivity contribution in [1.29, 1.82) is 0 Å². The fourth-order valence-corrected chi connectivity index (χ4v) is 1.12.